The van der Waals surface area contributed by atoms with E-state index >= 15 is 0 Å². The molecule has 1 aliphatic carbocycles. The van der Waals surface area contributed by atoms with Gasteiger partial charge in [-0.25, -0.2) is 4.98 Å². The summed E-state index contributed by atoms with van der Waals surface area (Å²) >= 11 is 0. The van der Waals surface area contributed by atoms with Crippen LogP contribution in [0.25, 0.3) is 0 Å². The summed E-state index contributed by atoms with van der Waals surface area (Å²) in [5, 5.41) is 0. The zero-order valence-electron chi connectivity index (χ0n) is 14.3. The monoisotopic (exact) mass is 323 g/mol. The third-order valence-corrected chi connectivity index (χ3v) is 5.63. The van der Waals surface area contributed by atoms with Crippen LogP contribution in [0.15, 0.2) is 36.7 Å². The number of likely N-dealkylation sites (tertiary alicyclic amines) is 1. The molecule has 126 valence electrons. The maximum absolute atomic E-state index is 13.2. The summed E-state index contributed by atoms with van der Waals surface area (Å²) in [6.07, 6.45) is 9.31. The molecule has 1 aromatic heterocycles. The number of hydrogen-bond acceptors (Lipinski definition) is 2. The van der Waals surface area contributed by atoms with Crippen molar-refractivity contribution in [2.45, 2.75) is 51.0 Å². The molecule has 4 heteroatoms. The van der Waals surface area contributed by atoms with E-state index in [1.165, 1.54) is 11.1 Å². The number of carbonyl (C=O) groups is 1. The number of imidazole rings is 1. The first-order chi connectivity index (χ1) is 11.7. The molecule has 0 bridgehead atoms. The fourth-order valence-electron chi connectivity index (χ4n) is 4.39. The van der Waals surface area contributed by atoms with Gasteiger partial charge in [0, 0.05) is 25.5 Å². The molecule has 4 nitrogen and oxygen atoms in total. The molecular formula is C20H25N3O. The summed E-state index contributed by atoms with van der Waals surface area (Å²) in [6.45, 7) is 3.74. The van der Waals surface area contributed by atoms with Gasteiger partial charge in [0.25, 0.3) is 0 Å². The van der Waals surface area contributed by atoms with Gasteiger partial charge in [0.1, 0.15) is 5.82 Å². The number of aromatic nitrogens is 2. The highest BCUT2D eigenvalue weighted by Gasteiger charge is 2.32. The van der Waals surface area contributed by atoms with Gasteiger partial charge in [0.2, 0.25) is 5.91 Å². The third kappa shape index (κ3) is 2.74. The first-order valence-corrected chi connectivity index (χ1v) is 9.10. The van der Waals surface area contributed by atoms with E-state index in [9.17, 15) is 4.79 Å². The third-order valence-electron chi connectivity index (χ3n) is 5.63. The van der Waals surface area contributed by atoms with E-state index in [1.54, 1.807) is 0 Å². The summed E-state index contributed by atoms with van der Waals surface area (Å²) in [5.74, 6) is 1.42. The molecule has 2 atom stereocenters. The molecule has 24 heavy (non-hydrogen) atoms. The lowest BCUT2D eigenvalue weighted by Crippen LogP contribution is -2.43. The highest BCUT2D eigenvalue weighted by molar-refractivity contribution is 5.84. The summed E-state index contributed by atoms with van der Waals surface area (Å²) < 4.78 is 2.23. The number of benzene rings is 1. The van der Waals surface area contributed by atoms with Crippen LogP contribution in [0.1, 0.15) is 54.6 Å². The van der Waals surface area contributed by atoms with E-state index in [4.69, 9.17) is 0 Å². The second-order valence-corrected chi connectivity index (χ2v) is 7.11. The van der Waals surface area contributed by atoms with Gasteiger partial charge < -0.3 is 9.47 Å². The zero-order valence-corrected chi connectivity index (χ0v) is 14.3. The molecule has 1 amide bonds. The number of fused-ring (bicyclic) bond motifs is 1. The SMILES string of the molecule is Cc1nccn1[C@H]1CCCN(C(=O)[C@@H]2CCCc3ccccc32)C1. The number of nitrogens with zero attached hydrogens (tertiary/aromatic N) is 3. The number of carbonyl (C=O) groups excluding carboxylic acids is 1. The Morgan fingerprint density at radius 3 is 2.92 bits per heavy atom. The van der Waals surface area contributed by atoms with E-state index in [2.05, 4.69) is 38.7 Å². The van der Waals surface area contributed by atoms with Crippen LogP contribution in [-0.2, 0) is 11.2 Å². The minimum atomic E-state index is 0.0533. The number of hydrogen-bond donors (Lipinski definition) is 0. The lowest BCUT2D eigenvalue weighted by atomic mass is 9.81. The Morgan fingerprint density at radius 2 is 2.08 bits per heavy atom. The van der Waals surface area contributed by atoms with Gasteiger partial charge in [0.05, 0.1) is 12.0 Å². The molecule has 4 rings (SSSR count). The van der Waals surface area contributed by atoms with E-state index < -0.39 is 0 Å². The lowest BCUT2D eigenvalue weighted by Gasteiger charge is -2.37. The van der Waals surface area contributed by atoms with Crippen LogP contribution in [0.2, 0.25) is 0 Å². The van der Waals surface area contributed by atoms with Gasteiger partial charge >= 0.3 is 0 Å². The fraction of sp³-hybridized carbons (Fsp3) is 0.500. The van der Waals surface area contributed by atoms with Gasteiger partial charge in [-0.1, -0.05) is 24.3 Å². The highest BCUT2D eigenvalue weighted by atomic mass is 16.2. The molecule has 1 fully saturated rings. The molecule has 0 N–H and O–H groups in total. The van der Waals surface area contributed by atoms with Gasteiger partial charge in [-0.3, -0.25) is 4.79 Å². The normalized spacial score (nSPS) is 23.8. The molecule has 2 aliphatic rings. The molecule has 0 radical (unpaired) electrons. The highest BCUT2D eigenvalue weighted by Crippen LogP contribution is 2.34. The number of piperidine rings is 1. The molecule has 2 aromatic rings. The molecule has 1 aliphatic heterocycles. The first kappa shape index (κ1) is 15.4. The van der Waals surface area contributed by atoms with Crippen molar-refractivity contribution in [1.29, 1.82) is 0 Å². The molecule has 0 saturated carbocycles. The van der Waals surface area contributed by atoms with Crippen LogP contribution in [0.4, 0.5) is 0 Å². The Balaban J connectivity index is 1.54. The molecule has 0 spiro atoms. The molecular weight excluding hydrogens is 298 g/mol. The Kier molecular flexibility index (Phi) is 4.13. The van der Waals surface area contributed by atoms with E-state index in [0.717, 1.165) is 51.0 Å². The Labute approximate surface area is 143 Å². The van der Waals surface area contributed by atoms with Gasteiger partial charge in [0.15, 0.2) is 0 Å². The zero-order chi connectivity index (χ0) is 16.5. The van der Waals surface area contributed by atoms with Crippen molar-refractivity contribution >= 4 is 5.91 Å². The fourth-order valence-corrected chi connectivity index (χ4v) is 4.39. The average molecular weight is 323 g/mol. The number of rotatable bonds is 2. The van der Waals surface area contributed by atoms with Crippen molar-refractivity contribution in [3.8, 4) is 0 Å². The van der Waals surface area contributed by atoms with Crippen molar-refractivity contribution in [3.05, 3.63) is 53.6 Å². The predicted molar refractivity (Wildman–Crippen MR) is 93.9 cm³/mol. The summed E-state index contributed by atoms with van der Waals surface area (Å²) in [4.78, 5) is 19.7. The maximum atomic E-state index is 13.2. The number of aryl methyl sites for hydroxylation is 2. The van der Waals surface area contributed by atoms with Crippen molar-refractivity contribution < 1.29 is 4.79 Å². The second kappa shape index (κ2) is 6.42. The van der Waals surface area contributed by atoms with Crippen LogP contribution in [-0.4, -0.2) is 33.4 Å². The summed E-state index contributed by atoms with van der Waals surface area (Å²) in [7, 11) is 0. The van der Waals surface area contributed by atoms with Crippen molar-refractivity contribution in [1.82, 2.24) is 14.5 Å². The van der Waals surface area contributed by atoms with E-state index in [0.29, 0.717) is 11.9 Å². The van der Waals surface area contributed by atoms with Crippen molar-refractivity contribution in [3.63, 3.8) is 0 Å². The molecule has 1 saturated heterocycles. The minimum Gasteiger partial charge on any atom is -0.340 e. The average Bonchev–Trinajstić information content (AvgIpc) is 3.07. The quantitative estimate of drug-likeness (QED) is 0.849. The first-order valence-electron chi connectivity index (χ1n) is 9.10. The summed E-state index contributed by atoms with van der Waals surface area (Å²) in [5.41, 5.74) is 2.62. The Hall–Kier alpha value is -2.10. The van der Waals surface area contributed by atoms with Crippen LogP contribution in [0.5, 0.6) is 0 Å². The topological polar surface area (TPSA) is 38.1 Å². The predicted octanol–water partition coefficient (Wildman–Crippen LogP) is 3.48. The molecule has 2 heterocycles. The van der Waals surface area contributed by atoms with Crippen molar-refractivity contribution in [2.24, 2.45) is 0 Å². The number of amides is 1. The Bertz CT molecular complexity index is 736. The van der Waals surface area contributed by atoms with Gasteiger partial charge in [-0.15, -0.1) is 0 Å². The Morgan fingerprint density at radius 1 is 1.21 bits per heavy atom. The minimum absolute atomic E-state index is 0.0533. The van der Waals surface area contributed by atoms with Crippen LogP contribution in [0.3, 0.4) is 0 Å². The smallest absolute Gasteiger partial charge is 0.230 e. The van der Waals surface area contributed by atoms with Crippen LogP contribution < -0.4 is 0 Å². The van der Waals surface area contributed by atoms with E-state index in [-0.39, 0.29) is 5.92 Å². The summed E-state index contributed by atoms with van der Waals surface area (Å²) in [6, 6.07) is 8.85. The second-order valence-electron chi connectivity index (χ2n) is 7.11. The van der Waals surface area contributed by atoms with Crippen LogP contribution >= 0.6 is 0 Å². The lowest BCUT2D eigenvalue weighted by molar-refractivity contribution is -0.134. The standard InChI is InChI=1S/C20H25N3O/c1-15-21-11-13-23(15)17-8-5-12-22(14-17)20(24)19-10-4-7-16-6-2-3-9-18(16)19/h2-3,6,9,11,13,17,19H,4-5,7-8,10,12,14H2,1H3/t17-,19+/m0/s1. The van der Waals surface area contributed by atoms with Gasteiger partial charge in [-0.05, 0) is 50.2 Å². The largest absolute Gasteiger partial charge is 0.340 e. The molecule has 1 aromatic carbocycles. The van der Waals surface area contributed by atoms with Gasteiger partial charge in [-0.2, -0.15) is 0 Å². The molecule has 0 unspecified atom stereocenters. The van der Waals surface area contributed by atoms with Crippen molar-refractivity contribution in [2.75, 3.05) is 13.1 Å². The maximum Gasteiger partial charge on any atom is 0.230 e. The van der Waals surface area contributed by atoms with E-state index in [1.807, 2.05) is 19.3 Å². The van der Waals surface area contributed by atoms with Crippen LogP contribution in [0, 0.1) is 6.92 Å².